The molecule has 32 heavy (non-hydrogen) atoms. The van der Waals surface area contributed by atoms with Crippen LogP contribution in [-0.4, -0.2) is 51.1 Å². The number of hydrogen-bond acceptors (Lipinski definition) is 2. The molecule has 3 aliphatic carbocycles. The van der Waals surface area contributed by atoms with Gasteiger partial charge < -0.3 is 9.80 Å². The normalized spacial score (nSPS) is 18.1. The molecule has 0 saturated heterocycles. The molecule has 0 aliphatic heterocycles. The third kappa shape index (κ3) is 3.70. The summed E-state index contributed by atoms with van der Waals surface area (Å²) in [5.41, 5.74) is 12.5. The van der Waals surface area contributed by atoms with Crippen LogP contribution in [0.3, 0.4) is 0 Å². The van der Waals surface area contributed by atoms with Gasteiger partial charge in [0.25, 0.3) is 0 Å². The van der Waals surface area contributed by atoms with E-state index in [0.29, 0.717) is 11.8 Å². The van der Waals surface area contributed by atoms with E-state index in [2.05, 4.69) is 98.7 Å². The van der Waals surface area contributed by atoms with Gasteiger partial charge in [-0.05, 0) is 111 Å². The summed E-state index contributed by atoms with van der Waals surface area (Å²) < 4.78 is 0. The van der Waals surface area contributed by atoms with Crippen molar-refractivity contribution in [3.05, 3.63) is 105 Å². The van der Waals surface area contributed by atoms with E-state index < -0.39 is 0 Å². The van der Waals surface area contributed by atoms with E-state index in [4.69, 9.17) is 0 Å². The molecule has 3 aromatic carbocycles. The maximum atomic E-state index is 2.41. The highest BCUT2D eigenvalue weighted by Gasteiger charge is 2.42. The molecule has 3 aliphatic rings. The minimum absolute atomic E-state index is 0.380. The average molecular weight is 425 g/mol. The summed E-state index contributed by atoms with van der Waals surface area (Å²) >= 11 is 0. The first kappa shape index (κ1) is 21.4. The lowest BCUT2D eigenvalue weighted by Crippen LogP contribution is -2.30. The van der Waals surface area contributed by atoms with E-state index in [9.17, 15) is 0 Å². The van der Waals surface area contributed by atoms with Crippen LogP contribution in [0.5, 0.6) is 0 Å². The van der Waals surface area contributed by atoms with Crippen molar-refractivity contribution < 1.29 is 0 Å². The van der Waals surface area contributed by atoms with Crippen LogP contribution in [0, 0.1) is 0 Å². The average Bonchev–Trinajstić information content (AvgIpc) is 2.78. The summed E-state index contributed by atoms with van der Waals surface area (Å²) in [6.45, 7) is 2.28. The van der Waals surface area contributed by atoms with Crippen molar-refractivity contribution in [3.8, 4) is 0 Å². The highest BCUT2D eigenvalue weighted by atomic mass is 15.0. The van der Waals surface area contributed by atoms with E-state index in [1.165, 1.54) is 24.0 Å². The molecule has 3 aromatic rings. The summed E-state index contributed by atoms with van der Waals surface area (Å²) in [7, 11) is 8.69. The van der Waals surface area contributed by atoms with Gasteiger partial charge in [-0.15, -0.1) is 0 Å². The molecular weight excluding hydrogens is 388 g/mol. The Kier molecular flexibility index (Phi) is 5.92. The summed E-state index contributed by atoms with van der Waals surface area (Å²) in [6.07, 6.45) is 4.73. The summed E-state index contributed by atoms with van der Waals surface area (Å²) in [5.74, 6) is 0.760. The predicted molar refractivity (Wildman–Crippen MR) is 135 cm³/mol. The first-order valence-corrected chi connectivity index (χ1v) is 12.2. The van der Waals surface area contributed by atoms with E-state index in [-0.39, 0.29) is 0 Å². The Morgan fingerprint density at radius 3 is 1.34 bits per heavy atom. The van der Waals surface area contributed by atoms with Gasteiger partial charge >= 0.3 is 0 Å². The molecule has 0 N–H and O–H groups in total. The molecule has 0 saturated carbocycles. The van der Waals surface area contributed by atoms with Crippen molar-refractivity contribution in [2.45, 2.75) is 37.5 Å². The number of benzene rings is 3. The molecule has 0 aromatic heterocycles. The highest BCUT2D eigenvalue weighted by molar-refractivity contribution is 5.70. The fourth-order valence-corrected chi connectivity index (χ4v) is 6.07. The quantitative estimate of drug-likeness (QED) is 0.317. The van der Waals surface area contributed by atoms with Gasteiger partial charge in [-0.3, -0.25) is 0 Å². The van der Waals surface area contributed by atoms with Crippen LogP contribution >= 0.6 is 0 Å². The van der Waals surface area contributed by atoms with Crippen LogP contribution in [0.4, 0.5) is 0 Å². The van der Waals surface area contributed by atoms with E-state index in [1.54, 1.807) is 33.4 Å². The van der Waals surface area contributed by atoms with Gasteiger partial charge in [-0.25, -0.2) is 0 Å². The zero-order chi connectivity index (χ0) is 22.2. The molecule has 2 heteroatoms. The predicted octanol–water partition coefficient (Wildman–Crippen LogP) is 5.66. The maximum Gasteiger partial charge on any atom is 0.0352 e. The Bertz CT molecular complexity index is 1020. The summed E-state index contributed by atoms with van der Waals surface area (Å²) in [5, 5.41) is 0. The fourth-order valence-electron chi connectivity index (χ4n) is 6.07. The molecule has 0 amide bonds. The Morgan fingerprint density at radius 2 is 0.938 bits per heavy atom. The molecule has 0 radical (unpaired) electrons. The maximum absolute atomic E-state index is 2.41. The Labute approximate surface area is 193 Å². The van der Waals surface area contributed by atoms with Crippen LogP contribution in [-0.2, 0) is 12.8 Å². The monoisotopic (exact) mass is 424 g/mol. The van der Waals surface area contributed by atoms with Gasteiger partial charge in [-0.1, -0.05) is 60.7 Å². The fraction of sp³-hybridized carbons (Fsp3) is 0.400. The second kappa shape index (κ2) is 8.84. The molecule has 0 heterocycles. The Morgan fingerprint density at radius 1 is 0.531 bits per heavy atom. The van der Waals surface area contributed by atoms with Crippen LogP contribution in [0.25, 0.3) is 0 Å². The minimum Gasteiger partial charge on any atom is -0.309 e. The van der Waals surface area contributed by atoms with Crippen LogP contribution in [0.1, 0.15) is 69.2 Å². The van der Waals surface area contributed by atoms with E-state index >= 15 is 0 Å². The number of hydrogen-bond donors (Lipinski definition) is 0. The smallest absolute Gasteiger partial charge is 0.0352 e. The first-order valence-electron chi connectivity index (χ1n) is 12.2. The number of rotatable bonds is 8. The standard InChI is InChI=1S/C30H36N2/c1-31(2)19-9-13-21-11-7-17-25-27(21)29-23-15-5-6-16-24(23)30(25)28-22(12-8-18-26(28)29)14-10-20-32(3)4/h5-8,11-12,15-18,29-30H,9-10,13-14,19-20H2,1-4H3. The zero-order valence-electron chi connectivity index (χ0n) is 20.1. The van der Waals surface area contributed by atoms with Crippen molar-refractivity contribution in [1.82, 2.24) is 9.80 Å². The van der Waals surface area contributed by atoms with Gasteiger partial charge in [0.2, 0.25) is 0 Å². The lowest BCUT2D eigenvalue weighted by atomic mass is 9.59. The van der Waals surface area contributed by atoms with Crippen molar-refractivity contribution in [2.24, 2.45) is 0 Å². The second-order valence-corrected chi connectivity index (χ2v) is 10.1. The Hall–Kier alpha value is -2.42. The van der Waals surface area contributed by atoms with Gasteiger partial charge in [0.15, 0.2) is 0 Å². The number of aryl methyl sites for hydroxylation is 2. The van der Waals surface area contributed by atoms with Crippen molar-refractivity contribution >= 4 is 0 Å². The third-order valence-corrected chi connectivity index (χ3v) is 7.38. The Balaban J connectivity index is 1.61. The molecule has 0 spiro atoms. The van der Waals surface area contributed by atoms with Crippen molar-refractivity contribution in [2.75, 3.05) is 41.3 Å². The number of nitrogens with zero attached hydrogens (tertiary/aromatic N) is 2. The molecule has 2 unspecified atom stereocenters. The molecular formula is C30H36N2. The SMILES string of the molecule is CN(C)CCCc1cccc2c1C1c3ccccc3C2c2c(CCCN(C)C)cccc21. The zero-order valence-corrected chi connectivity index (χ0v) is 20.1. The minimum atomic E-state index is 0.380. The highest BCUT2D eigenvalue weighted by Crippen LogP contribution is 2.57. The topological polar surface area (TPSA) is 6.48 Å². The summed E-state index contributed by atoms with van der Waals surface area (Å²) in [4.78, 5) is 4.60. The van der Waals surface area contributed by atoms with Gasteiger partial charge in [0, 0.05) is 11.8 Å². The van der Waals surface area contributed by atoms with Crippen LogP contribution < -0.4 is 0 Å². The molecule has 2 bridgehead atoms. The van der Waals surface area contributed by atoms with Crippen molar-refractivity contribution in [3.63, 3.8) is 0 Å². The molecule has 2 nitrogen and oxygen atoms in total. The first-order chi connectivity index (χ1) is 15.6. The van der Waals surface area contributed by atoms with E-state index in [1.807, 2.05) is 0 Å². The van der Waals surface area contributed by atoms with Crippen LogP contribution in [0.15, 0.2) is 60.7 Å². The summed E-state index contributed by atoms with van der Waals surface area (Å²) in [6, 6.07) is 23.4. The second-order valence-electron chi connectivity index (χ2n) is 10.1. The van der Waals surface area contributed by atoms with Gasteiger partial charge in [0.05, 0.1) is 0 Å². The molecule has 166 valence electrons. The largest absolute Gasteiger partial charge is 0.309 e. The van der Waals surface area contributed by atoms with E-state index in [0.717, 1.165) is 25.9 Å². The lowest BCUT2D eigenvalue weighted by molar-refractivity contribution is 0.399. The third-order valence-electron chi connectivity index (χ3n) is 7.38. The van der Waals surface area contributed by atoms with Crippen LogP contribution in [0.2, 0.25) is 0 Å². The molecule has 2 atom stereocenters. The van der Waals surface area contributed by atoms with Gasteiger partial charge in [0.1, 0.15) is 0 Å². The lowest BCUT2D eigenvalue weighted by Gasteiger charge is -2.44. The molecule has 6 rings (SSSR count). The molecule has 0 fully saturated rings. The van der Waals surface area contributed by atoms with Crippen molar-refractivity contribution in [1.29, 1.82) is 0 Å². The van der Waals surface area contributed by atoms with Gasteiger partial charge in [-0.2, -0.15) is 0 Å².